The zero-order valence-corrected chi connectivity index (χ0v) is 21.7. The molecule has 0 fully saturated rings. The largest absolute Gasteiger partial charge is 0.497 e. The molecule has 0 spiro atoms. The summed E-state index contributed by atoms with van der Waals surface area (Å²) in [7, 11) is -2.52. The molecule has 1 aliphatic rings. The Hall–Kier alpha value is -3.43. The minimum Gasteiger partial charge on any atom is -0.497 e. The molecule has 1 N–H and O–H groups in total. The number of hydrogen-bond acceptors (Lipinski definition) is 6. The molecule has 0 radical (unpaired) electrons. The van der Waals surface area contributed by atoms with Crippen LogP contribution in [0.2, 0.25) is 5.02 Å². The van der Waals surface area contributed by atoms with E-state index < -0.39 is 22.0 Å². The summed E-state index contributed by atoms with van der Waals surface area (Å²) in [4.78, 5) is 13.0. The predicted octanol–water partition coefficient (Wildman–Crippen LogP) is 4.12. The minimum atomic E-state index is -4.02. The summed E-state index contributed by atoms with van der Waals surface area (Å²) >= 11 is 6.14. The molecule has 1 amide bonds. The Morgan fingerprint density at radius 3 is 2.56 bits per heavy atom. The third-order valence-electron chi connectivity index (χ3n) is 5.72. The number of hydrogen-bond donors (Lipinski definition) is 1. The van der Waals surface area contributed by atoms with E-state index in [-0.39, 0.29) is 36.0 Å². The van der Waals surface area contributed by atoms with E-state index in [1.165, 1.54) is 25.3 Å². The van der Waals surface area contributed by atoms with Crippen LogP contribution in [0.25, 0.3) is 0 Å². The summed E-state index contributed by atoms with van der Waals surface area (Å²) in [5.74, 6) is 1.06. The molecule has 3 aromatic rings. The van der Waals surface area contributed by atoms with E-state index in [4.69, 9.17) is 25.8 Å². The highest BCUT2D eigenvalue weighted by Crippen LogP contribution is 2.39. The van der Waals surface area contributed by atoms with Crippen molar-refractivity contribution in [3.05, 3.63) is 76.8 Å². The Morgan fingerprint density at radius 1 is 1.11 bits per heavy atom. The number of aryl methyl sites for hydroxylation is 2. The zero-order chi connectivity index (χ0) is 25.9. The number of ether oxygens (including phenoxy) is 3. The topological polar surface area (TPSA) is 94.2 Å². The molecule has 1 aliphatic heterocycles. The van der Waals surface area contributed by atoms with Crippen LogP contribution in [0.15, 0.2) is 65.6 Å². The van der Waals surface area contributed by atoms with Gasteiger partial charge in [-0.2, -0.15) is 0 Å². The van der Waals surface area contributed by atoms with Gasteiger partial charge in [-0.05, 0) is 67.9 Å². The van der Waals surface area contributed by atoms with Gasteiger partial charge in [-0.15, -0.1) is 0 Å². The molecule has 8 nitrogen and oxygen atoms in total. The fourth-order valence-electron chi connectivity index (χ4n) is 3.87. The first kappa shape index (κ1) is 25.7. The van der Waals surface area contributed by atoms with Gasteiger partial charge in [0.25, 0.3) is 15.9 Å². The van der Waals surface area contributed by atoms with E-state index in [2.05, 4.69) is 5.32 Å². The van der Waals surface area contributed by atoms with Gasteiger partial charge in [-0.25, -0.2) is 8.42 Å². The second kappa shape index (κ2) is 10.7. The number of halogens is 1. The van der Waals surface area contributed by atoms with Gasteiger partial charge in [0.2, 0.25) is 0 Å². The van der Waals surface area contributed by atoms with Crippen molar-refractivity contribution in [2.75, 3.05) is 31.1 Å². The average Bonchev–Trinajstić information content (AvgIpc) is 2.86. The summed E-state index contributed by atoms with van der Waals surface area (Å²) in [6.07, 6.45) is -1.06. The maximum atomic E-state index is 13.5. The van der Waals surface area contributed by atoms with E-state index >= 15 is 0 Å². The number of rotatable bonds is 8. The number of sulfonamides is 1. The third kappa shape index (κ3) is 5.52. The van der Waals surface area contributed by atoms with Crippen molar-refractivity contribution < 1.29 is 27.4 Å². The Morgan fingerprint density at radius 2 is 1.86 bits per heavy atom. The van der Waals surface area contributed by atoms with Crippen molar-refractivity contribution in [3.63, 3.8) is 0 Å². The molecule has 190 valence electrons. The first-order valence-electron chi connectivity index (χ1n) is 11.3. The molecule has 0 saturated carbocycles. The van der Waals surface area contributed by atoms with Gasteiger partial charge in [0.05, 0.1) is 30.8 Å². The van der Waals surface area contributed by atoms with Crippen LogP contribution in [0, 0.1) is 13.8 Å². The fourth-order valence-corrected chi connectivity index (χ4v) is 5.51. The predicted molar refractivity (Wildman–Crippen MR) is 138 cm³/mol. The molecule has 1 heterocycles. The number of carbonyl (C=O) groups is 1. The lowest BCUT2D eigenvalue weighted by molar-refractivity contribution is -0.127. The number of nitrogens with zero attached hydrogens (tertiary/aromatic N) is 1. The molecule has 0 saturated heterocycles. The van der Waals surface area contributed by atoms with Crippen molar-refractivity contribution in [3.8, 4) is 17.2 Å². The Labute approximate surface area is 215 Å². The van der Waals surface area contributed by atoms with Crippen molar-refractivity contribution in [1.29, 1.82) is 0 Å². The van der Waals surface area contributed by atoms with Crippen molar-refractivity contribution >= 4 is 33.2 Å². The highest BCUT2D eigenvalue weighted by atomic mass is 35.5. The molecule has 0 aromatic heterocycles. The lowest BCUT2D eigenvalue weighted by Crippen LogP contribution is -2.51. The van der Waals surface area contributed by atoms with E-state index in [0.29, 0.717) is 10.8 Å². The van der Waals surface area contributed by atoms with Crippen molar-refractivity contribution in [2.45, 2.75) is 24.8 Å². The number of methoxy groups -OCH3 is 1. The second-order valence-corrected chi connectivity index (χ2v) is 10.6. The van der Waals surface area contributed by atoms with Gasteiger partial charge in [-0.1, -0.05) is 29.3 Å². The van der Waals surface area contributed by atoms with Crippen LogP contribution in [-0.4, -0.2) is 47.2 Å². The fraction of sp³-hybridized carbons (Fsp3) is 0.269. The Bertz CT molecular complexity index is 1360. The van der Waals surface area contributed by atoms with Crippen LogP contribution in [0.5, 0.6) is 17.2 Å². The van der Waals surface area contributed by atoms with Crippen molar-refractivity contribution in [1.82, 2.24) is 5.32 Å². The molecule has 1 unspecified atom stereocenters. The second-order valence-electron chi connectivity index (χ2n) is 8.34. The maximum Gasteiger partial charge on any atom is 0.264 e. The average molecular weight is 531 g/mol. The van der Waals surface area contributed by atoms with Gasteiger partial charge < -0.3 is 19.5 Å². The first-order valence-corrected chi connectivity index (χ1v) is 13.1. The summed E-state index contributed by atoms with van der Waals surface area (Å²) in [5.41, 5.74) is 2.41. The van der Waals surface area contributed by atoms with Gasteiger partial charge >= 0.3 is 0 Å². The van der Waals surface area contributed by atoms with E-state index in [0.717, 1.165) is 21.2 Å². The molecular weight excluding hydrogens is 504 g/mol. The van der Waals surface area contributed by atoms with E-state index in [9.17, 15) is 13.2 Å². The molecule has 0 aliphatic carbocycles. The molecule has 4 rings (SSSR count). The molecular formula is C26H27ClN2O6S. The van der Waals surface area contributed by atoms with Gasteiger partial charge in [0.15, 0.2) is 6.10 Å². The number of benzene rings is 3. The highest BCUT2D eigenvalue weighted by molar-refractivity contribution is 7.92. The molecule has 0 bridgehead atoms. The number of anilines is 1. The summed E-state index contributed by atoms with van der Waals surface area (Å²) < 4.78 is 45.0. The minimum absolute atomic E-state index is 0.0529. The molecule has 10 heteroatoms. The number of fused-ring (bicyclic) bond motifs is 1. The van der Waals surface area contributed by atoms with Crippen LogP contribution in [0.1, 0.15) is 11.1 Å². The Kier molecular flexibility index (Phi) is 7.61. The third-order valence-corrected chi connectivity index (χ3v) is 7.75. The number of carbonyl (C=O) groups excluding carboxylic acids is 1. The van der Waals surface area contributed by atoms with E-state index in [1.54, 1.807) is 24.3 Å². The summed E-state index contributed by atoms with van der Waals surface area (Å²) in [5, 5.41) is 3.12. The standard InChI is InChI=1S/C26H27ClN2O6S/c1-17-4-10-23(18(2)14-17)34-13-12-28-26(30)25-16-29(22-15-19(27)5-11-24(22)35-25)36(31,32)21-8-6-20(33-3)7-9-21/h4-11,14-15,25H,12-13,16H2,1-3H3,(H,28,30). The van der Waals surface area contributed by atoms with Crippen LogP contribution < -0.4 is 23.8 Å². The number of amides is 1. The normalized spacial score (nSPS) is 15.0. The SMILES string of the molecule is COc1ccc(S(=O)(=O)N2CC(C(=O)NCCOc3ccc(C)cc3C)Oc3ccc(Cl)cc32)cc1. The molecule has 3 aromatic carbocycles. The van der Waals surface area contributed by atoms with Crippen molar-refractivity contribution in [2.24, 2.45) is 0 Å². The van der Waals surface area contributed by atoms with Gasteiger partial charge in [0.1, 0.15) is 23.9 Å². The monoisotopic (exact) mass is 530 g/mol. The highest BCUT2D eigenvalue weighted by Gasteiger charge is 2.37. The van der Waals surface area contributed by atoms with Gasteiger partial charge in [0, 0.05) is 5.02 Å². The quantitative estimate of drug-likeness (QED) is 0.440. The lowest BCUT2D eigenvalue weighted by atomic mass is 10.1. The summed E-state index contributed by atoms with van der Waals surface area (Å²) in [6.45, 7) is 4.22. The van der Waals surface area contributed by atoms with Gasteiger partial charge in [-0.3, -0.25) is 9.10 Å². The smallest absolute Gasteiger partial charge is 0.264 e. The number of nitrogens with one attached hydrogen (secondary N) is 1. The summed E-state index contributed by atoms with van der Waals surface area (Å²) in [6, 6.07) is 16.5. The van der Waals surface area contributed by atoms with Crippen LogP contribution in [0.4, 0.5) is 5.69 Å². The van der Waals surface area contributed by atoms with E-state index in [1.807, 2.05) is 32.0 Å². The van der Waals surface area contributed by atoms with Crippen LogP contribution in [-0.2, 0) is 14.8 Å². The molecule has 36 heavy (non-hydrogen) atoms. The Balaban J connectivity index is 1.49. The zero-order valence-electron chi connectivity index (χ0n) is 20.2. The lowest BCUT2D eigenvalue weighted by Gasteiger charge is -2.34. The van der Waals surface area contributed by atoms with Crippen LogP contribution in [0.3, 0.4) is 0 Å². The molecule has 1 atom stereocenters. The first-order chi connectivity index (χ1) is 17.2. The maximum absolute atomic E-state index is 13.5. The van der Waals surface area contributed by atoms with Crippen LogP contribution >= 0.6 is 11.6 Å².